The highest BCUT2D eigenvalue weighted by atomic mass is 16.7. The van der Waals surface area contributed by atoms with E-state index >= 15 is 0 Å². The number of esters is 3. The first kappa shape index (κ1) is 21.0. The van der Waals surface area contributed by atoms with E-state index in [1.165, 1.54) is 6.92 Å². The molecule has 0 N–H and O–H groups in total. The van der Waals surface area contributed by atoms with E-state index in [-0.39, 0.29) is 17.5 Å². The standard InChI is InChI=1S/C22H19NO7/c1-14(24)27-22-19(30-21(26)16-10-6-3-7-11-16)18(17(28-22)12-13-23)29-20(25)15-8-4-2-5-9-15/h2-11,17-19,22H,12H2,1H3/t17-,18+,19+,22+/m0/s1. The minimum Gasteiger partial charge on any atom is -0.452 e. The molecule has 2 aromatic carbocycles. The molecule has 4 atom stereocenters. The monoisotopic (exact) mass is 409 g/mol. The van der Waals surface area contributed by atoms with Gasteiger partial charge in [-0.3, -0.25) is 4.79 Å². The van der Waals surface area contributed by atoms with Crippen LogP contribution in [0, 0.1) is 11.3 Å². The van der Waals surface area contributed by atoms with Gasteiger partial charge in [0, 0.05) is 6.92 Å². The number of hydrogen-bond donors (Lipinski definition) is 0. The van der Waals surface area contributed by atoms with E-state index in [1.807, 2.05) is 6.07 Å². The van der Waals surface area contributed by atoms with Crippen LogP contribution < -0.4 is 0 Å². The number of rotatable bonds is 6. The maximum atomic E-state index is 12.6. The summed E-state index contributed by atoms with van der Waals surface area (Å²) in [6.07, 6.45) is -4.81. The summed E-state index contributed by atoms with van der Waals surface area (Å²) in [7, 11) is 0. The minimum atomic E-state index is -1.32. The summed E-state index contributed by atoms with van der Waals surface area (Å²) in [6, 6.07) is 18.3. The Bertz CT molecular complexity index is 939. The predicted molar refractivity (Wildman–Crippen MR) is 102 cm³/mol. The lowest BCUT2D eigenvalue weighted by atomic mass is 10.1. The van der Waals surface area contributed by atoms with Crippen molar-refractivity contribution >= 4 is 17.9 Å². The van der Waals surface area contributed by atoms with E-state index in [0.29, 0.717) is 0 Å². The second-order valence-electron chi connectivity index (χ2n) is 6.49. The van der Waals surface area contributed by atoms with Crippen molar-refractivity contribution in [3.8, 4) is 6.07 Å². The fourth-order valence-electron chi connectivity index (χ4n) is 3.00. The van der Waals surface area contributed by atoms with Gasteiger partial charge in [0.1, 0.15) is 6.10 Å². The number of nitrogens with zero attached hydrogens (tertiary/aromatic N) is 1. The van der Waals surface area contributed by atoms with Gasteiger partial charge in [-0.05, 0) is 24.3 Å². The number of carbonyl (C=O) groups excluding carboxylic acids is 3. The molecule has 0 unspecified atom stereocenters. The topological polar surface area (TPSA) is 112 Å². The summed E-state index contributed by atoms with van der Waals surface area (Å²) in [4.78, 5) is 36.6. The third-order valence-corrected chi connectivity index (χ3v) is 4.35. The lowest BCUT2D eigenvalue weighted by Gasteiger charge is -2.23. The average Bonchev–Trinajstić information content (AvgIpc) is 3.04. The maximum Gasteiger partial charge on any atom is 0.338 e. The van der Waals surface area contributed by atoms with Crippen molar-refractivity contribution in [3.63, 3.8) is 0 Å². The second-order valence-corrected chi connectivity index (χ2v) is 6.49. The van der Waals surface area contributed by atoms with Crippen LogP contribution in [0.3, 0.4) is 0 Å². The molecular formula is C22H19NO7. The summed E-state index contributed by atoms with van der Waals surface area (Å²) >= 11 is 0. The smallest absolute Gasteiger partial charge is 0.338 e. The Hall–Kier alpha value is -3.70. The molecule has 30 heavy (non-hydrogen) atoms. The molecule has 0 aromatic heterocycles. The van der Waals surface area contributed by atoms with Crippen LogP contribution in [0.5, 0.6) is 0 Å². The molecule has 1 saturated heterocycles. The summed E-state index contributed by atoms with van der Waals surface area (Å²) in [5.74, 6) is -2.07. The number of nitriles is 1. The molecule has 0 aliphatic carbocycles. The zero-order chi connectivity index (χ0) is 21.5. The molecule has 0 saturated carbocycles. The van der Waals surface area contributed by atoms with Crippen molar-refractivity contribution in [1.29, 1.82) is 5.26 Å². The number of hydrogen-bond acceptors (Lipinski definition) is 8. The van der Waals surface area contributed by atoms with Crippen molar-refractivity contribution in [2.24, 2.45) is 0 Å². The molecule has 8 nitrogen and oxygen atoms in total. The molecule has 2 aromatic rings. The Morgan fingerprint density at radius 3 is 1.83 bits per heavy atom. The van der Waals surface area contributed by atoms with Crippen LogP contribution in [-0.4, -0.2) is 42.5 Å². The summed E-state index contributed by atoms with van der Waals surface area (Å²) in [6.45, 7) is 1.17. The molecule has 1 fully saturated rings. The minimum absolute atomic E-state index is 0.163. The van der Waals surface area contributed by atoms with Gasteiger partial charge in [0.2, 0.25) is 12.4 Å². The van der Waals surface area contributed by atoms with Gasteiger partial charge in [0.15, 0.2) is 6.10 Å². The van der Waals surface area contributed by atoms with Gasteiger partial charge in [0.25, 0.3) is 0 Å². The lowest BCUT2D eigenvalue weighted by molar-refractivity contribution is -0.185. The lowest BCUT2D eigenvalue weighted by Crippen LogP contribution is -2.41. The quantitative estimate of drug-likeness (QED) is 0.529. The van der Waals surface area contributed by atoms with Crippen LogP contribution in [0.2, 0.25) is 0 Å². The van der Waals surface area contributed by atoms with Gasteiger partial charge in [-0.2, -0.15) is 5.26 Å². The molecule has 1 heterocycles. The van der Waals surface area contributed by atoms with E-state index < -0.39 is 42.5 Å². The number of carbonyl (C=O) groups is 3. The van der Waals surface area contributed by atoms with E-state index in [1.54, 1.807) is 60.7 Å². The van der Waals surface area contributed by atoms with Crippen molar-refractivity contribution in [2.75, 3.05) is 0 Å². The van der Waals surface area contributed by atoms with E-state index in [0.717, 1.165) is 0 Å². The molecule has 0 amide bonds. The molecule has 1 aliphatic rings. The zero-order valence-corrected chi connectivity index (χ0v) is 16.1. The first-order valence-corrected chi connectivity index (χ1v) is 9.21. The molecule has 1 aliphatic heterocycles. The van der Waals surface area contributed by atoms with E-state index in [9.17, 15) is 14.4 Å². The predicted octanol–water partition coefficient (Wildman–Crippen LogP) is 2.64. The van der Waals surface area contributed by atoms with Gasteiger partial charge in [0.05, 0.1) is 23.6 Å². The van der Waals surface area contributed by atoms with Crippen LogP contribution in [-0.2, 0) is 23.7 Å². The van der Waals surface area contributed by atoms with Gasteiger partial charge >= 0.3 is 17.9 Å². The normalized spacial score (nSPS) is 22.5. The van der Waals surface area contributed by atoms with Crippen molar-refractivity contribution in [1.82, 2.24) is 0 Å². The second kappa shape index (κ2) is 9.67. The highest BCUT2D eigenvalue weighted by Gasteiger charge is 2.51. The highest BCUT2D eigenvalue weighted by Crippen LogP contribution is 2.31. The summed E-state index contributed by atoms with van der Waals surface area (Å²) < 4.78 is 21.8. The number of ether oxygens (including phenoxy) is 4. The maximum absolute atomic E-state index is 12.6. The molecule has 0 radical (unpaired) electrons. The largest absolute Gasteiger partial charge is 0.452 e. The van der Waals surface area contributed by atoms with Crippen LogP contribution in [0.15, 0.2) is 60.7 Å². The fourth-order valence-corrected chi connectivity index (χ4v) is 3.00. The Balaban J connectivity index is 1.86. The molecule has 3 rings (SSSR count). The SMILES string of the molecule is CC(=O)O[C@@H]1O[C@@H](CC#N)[C@@H](OC(=O)c2ccccc2)[C@H]1OC(=O)c1ccccc1. The Kier molecular flexibility index (Phi) is 6.78. The van der Waals surface area contributed by atoms with E-state index in [4.69, 9.17) is 24.2 Å². The molecule has 154 valence electrons. The van der Waals surface area contributed by atoms with Crippen LogP contribution in [0.1, 0.15) is 34.1 Å². The van der Waals surface area contributed by atoms with Crippen molar-refractivity contribution in [2.45, 2.75) is 37.9 Å². The van der Waals surface area contributed by atoms with Crippen molar-refractivity contribution in [3.05, 3.63) is 71.8 Å². The Morgan fingerprint density at radius 2 is 1.37 bits per heavy atom. The van der Waals surface area contributed by atoms with Gasteiger partial charge in [-0.1, -0.05) is 36.4 Å². The summed E-state index contributed by atoms with van der Waals surface area (Å²) in [5, 5.41) is 9.12. The fraction of sp³-hybridized carbons (Fsp3) is 0.273. The highest BCUT2D eigenvalue weighted by molar-refractivity contribution is 5.90. The molecule has 0 spiro atoms. The number of benzene rings is 2. The molecular weight excluding hydrogens is 390 g/mol. The Labute approximate surface area is 172 Å². The molecule has 0 bridgehead atoms. The van der Waals surface area contributed by atoms with Gasteiger partial charge < -0.3 is 18.9 Å². The van der Waals surface area contributed by atoms with Crippen LogP contribution >= 0.6 is 0 Å². The zero-order valence-electron chi connectivity index (χ0n) is 16.1. The van der Waals surface area contributed by atoms with Crippen LogP contribution in [0.25, 0.3) is 0 Å². The van der Waals surface area contributed by atoms with E-state index in [2.05, 4.69) is 0 Å². The third kappa shape index (κ3) is 5.01. The van der Waals surface area contributed by atoms with Gasteiger partial charge in [-0.25, -0.2) is 9.59 Å². The molecule has 8 heteroatoms. The third-order valence-electron chi connectivity index (χ3n) is 4.35. The summed E-state index contributed by atoms with van der Waals surface area (Å²) in [5.41, 5.74) is 0.535. The Morgan fingerprint density at radius 1 is 0.867 bits per heavy atom. The van der Waals surface area contributed by atoms with Crippen molar-refractivity contribution < 1.29 is 33.3 Å². The van der Waals surface area contributed by atoms with Gasteiger partial charge in [-0.15, -0.1) is 0 Å². The average molecular weight is 409 g/mol. The first-order valence-electron chi connectivity index (χ1n) is 9.21. The van der Waals surface area contributed by atoms with Crippen LogP contribution in [0.4, 0.5) is 0 Å². The first-order chi connectivity index (χ1) is 14.5.